The highest BCUT2D eigenvalue weighted by Crippen LogP contribution is 2.32. The van der Waals surface area contributed by atoms with Crippen molar-refractivity contribution < 1.29 is 24.1 Å². The monoisotopic (exact) mass is 387 g/mol. The fraction of sp³-hybridized carbons (Fsp3) is 0.278. The Bertz CT molecular complexity index is 1010. The number of nitrogen functional groups attached to an aromatic ring is 1. The Kier molecular flexibility index (Phi) is 4.67. The van der Waals surface area contributed by atoms with Crippen molar-refractivity contribution in [2.24, 2.45) is 0 Å². The van der Waals surface area contributed by atoms with Crippen LogP contribution in [0.3, 0.4) is 0 Å². The molecule has 1 saturated heterocycles. The van der Waals surface area contributed by atoms with Crippen molar-refractivity contribution in [3.05, 3.63) is 54.2 Å². The zero-order chi connectivity index (χ0) is 19.8. The normalized spacial score (nSPS) is 24.5. The molecular weight excluding hydrogens is 369 g/mol. The number of nitrogens with zero attached hydrogens (tertiary/aromatic N) is 3. The molecule has 5 N–H and O–H groups in total. The predicted molar refractivity (Wildman–Crippen MR) is 96.6 cm³/mol. The van der Waals surface area contributed by atoms with Gasteiger partial charge in [0.25, 0.3) is 5.91 Å². The summed E-state index contributed by atoms with van der Waals surface area (Å²) in [6.45, 7) is -0.442. The molecule has 1 fully saturated rings. The van der Waals surface area contributed by atoms with Crippen molar-refractivity contribution in [3.63, 3.8) is 0 Å². The van der Waals surface area contributed by atoms with E-state index in [1.807, 2.05) is 0 Å². The third-order valence-electron chi connectivity index (χ3n) is 4.72. The number of rotatable bonds is 4. The van der Waals surface area contributed by atoms with E-state index in [1.165, 1.54) is 36.8 Å². The lowest BCUT2D eigenvalue weighted by Gasteiger charge is -2.23. The Morgan fingerprint density at radius 1 is 1.29 bits per heavy atom. The molecule has 0 aliphatic carbocycles. The molecule has 1 amide bonds. The van der Waals surface area contributed by atoms with E-state index in [0.717, 1.165) is 0 Å². The number of aliphatic hydroxyl groups excluding tert-OH is 2. The third-order valence-corrected chi connectivity index (χ3v) is 4.72. The van der Waals surface area contributed by atoms with Crippen LogP contribution >= 0.6 is 0 Å². The molecule has 0 radical (unpaired) electrons. The molecule has 4 rings (SSSR count). The average molecular weight is 387 g/mol. The zero-order valence-electron chi connectivity index (χ0n) is 14.6. The molecule has 0 spiro atoms. The standard InChI is InChI=1S/C18H18FN5O4/c19-10-3-1-9(2-4-10)17(27)23-14-15(26)12(7-25)28-18(14)24-8-22-13-11(20)5-6-21-16(13)24/h1-6,8,12,14-15,18,25-26H,7H2,(H2,20,21)(H,23,27)/t12-,14?,15+,18-/m1/s1. The SMILES string of the molecule is Nc1ccnc2c1ncn2[C@@H]1O[C@H](CO)[C@H](O)C1NC(=O)c1ccc(F)cc1. The number of pyridine rings is 1. The summed E-state index contributed by atoms with van der Waals surface area (Å²) < 4.78 is 20.4. The molecule has 0 saturated carbocycles. The maximum atomic E-state index is 13.1. The molecule has 2 aromatic heterocycles. The number of aromatic nitrogens is 3. The van der Waals surface area contributed by atoms with E-state index in [-0.39, 0.29) is 5.56 Å². The van der Waals surface area contributed by atoms with Crippen molar-refractivity contribution in [2.45, 2.75) is 24.5 Å². The zero-order valence-corrected chi connectivity index (χ0v) is 14.6. The summed E-state index contributed by atoms with van der Waals surface area (Å²) in [5, 5.41) is 22.7. The Morgan fingerprint density at radius 2 is 2.04 bits per heavy atom. The van der Waals surface area contributed by atoms with Gasteiger partial charge in [-0.1, -0.05) is 0 Å². The van der Waals surface area contributed by atoms with Crippen LogP contribution in [0.4, 0.5) is 10.1 Å². The molecule has 146 valence electrons. The number of hydrogen-bond acceptors (Lipinski definition) is 7. The highest BCUT2D eigenvalue weighted by Gasteiger charge is 2.45. The van der Waals surface area contributed by atoms with E-state index in [0.29, 0.717) is 16.9 Å². The minimum atomic E-state index is -1.18. The smallest absolute Gasteiger partial charge is 0.251 e. The van der Waals surface area contributed by atoms with Crippen LogP contribution in [-0.2, 0) is 4.74 Å². The fourth-order valence-corrected chi connectivity index (χ4v) is 3.27. The van der Waals surface area contributed by atoms with Crippen LogP contribution in [0.2, 0.25) is 0 Å². The van der Waals surface area contributed by atoms with Gasteiger partial charge in [-0.15, -0.1) is 0 Å². The topological polar surface area (TPSA) is 136 Å². The van der Waals surface area contributed by atoms with Crippen LogP contribution in [0.1, 0.15) is 16.6 Å². The van der Waals surface area contributed by atoms with Crippen molar-refractivity contribution in [2.75, 3.05) is 12.3 Å². The Morgan fingerprint density at radius 3 is 2.75 bits per heavy atom. The fourth-order valence-electron chi connectivity index (χ4n) is 3.27. The van der Waals surface area contributed by atoms with Gasteiger partial charge in [-0.2, -0.15) is 0 Å². The summed E-state index contributed by atoms with van der Waals surface area (Å²) in [6, 6.07) is 5.70. The lowest BCUT2D eigenvalue weighted by molar-refractivity contribution is -0.0440. The molecule has 1 unspecified atom stereocenters. The van der Waals surface area contributed by atoms with Gasteiger partial charge in [0.2, 0.25) is 0 Å². The molecule has 4 atom stereocenters. The first kappa shape index (κ1) is 18.3. The predicted octanol–water partition coefficient (Wildman–Crippen LogP) is 0.202. The van der Waals surface area contributed by atoms with E-state index >= 15 is 0 Å². The molecule has 3 heterocycles. The van der Waals surface area contributed by atoms with Crippen LogP contribution in [0.5, 0.6) is 0 Å². The summed E-state index contributed by atoms with van der Waals surface area (Å²) in [6.07, 6.45) is -0.0187. The number of nitrogens with one attached hydrogen (secondary N) is 1. The maximum absolute atomic E-state index is 13.1. The third kappa shape index (κ3) is 3.07. The van der Waals surface area contributed by atoms with Crippen molar-refractivity contribution in [1.82, 2.24) is 19.9 Å². The maximum Gasteiger partial charge on any atom is 0.251 e. The number of fused-ring (bicyclic) bond motifs is 1. The second-order valence-corrected chi connectivity index (χ2v) is 6.47. The summed E-state index contributed by atoms with van der Waals surface area (Å²) in [5.74, 6) is -0.985. The largest absolute Gasteiger partial charge is 0.397 e. The summed E-state index contributed by atoms with van der Waals surface area (Å²) in [4.78, 5) is 21.0. The lowest BCUT2D eigenvalue weighted by atomic mass is 10.1. The van der Waals surface area contributed by atoms with Crippen molar-refractivity contribution in [1.29, 1.82) is 0 Å². The van der Waals surface area contributed by atoms with E-state index in [9.17, 15) is 19.4 Å². The Balaban J connectivity index is 1.67. The number of carbonyl (C=O) groups is 1. The number of hydrogen-bond donors (Lipinski definition) is 4. The van der Waals surface area contributed by atoms with Gasteiger partial charge in [0.1, 0.15) is 29.6 Å². The van der Waals surface area contributed by atoms with E-state index in [1.54, 1.807) is 10.6 Å². The number of benzene rings is 1. The van der Waals surface area contributed by atoms with Crippen LogP contribution in [-0.4, -0.2) is 55.5 Å². The number of nitrogens with two attached hydrogens (primary N) is 1. The highest BCUT2D eigenvalue weighted by atomic mass is 19.1. The van der Waals surface area contributed by atoms with E-state index < -0.39 is 42.8 Å². The van der Waals surface area contributed by atoms with Gasteiger partial charge in [-0.3, -0.25) is 9.36 Å². The second kappa shape index (κ2) is 7.15. The first-order chi connectivity index (χ1) is 13.5. The van der Waals surface area contributed by atoms with E-state index in [4.69, 9.17) is 10.5 Å². The molecule has 10 heteroatoms. The first-order valence-electron chi connectivity index (χ1n) is 8.57. The van der Waals surface area contributed by atoms with Crippen LogP contribution < -0.4 is 11.1 Å². The van der Waals surface area contributed by atoms with Crippen molar-refractivity contribution >= 4 is 22.8 Å². The Labute approximate surface area is 158 Å². The molecule has 28 heavy (non-hydrogen) atoms. The lowest BCUT2D eigenvalue weighted by Crippen LogP contribution is -2.46. The van der Waals surface area contributed by atoms with Gasteiger partial charge in [0.15, 0.2) is 11.9 Å². The molecule has 9 nitrogen and oxygen atoms in total. The minimum absolute atomic E-state index is 0.220. The van der Waals surface area contributed by atoms with Crippen LogP contribution in [0, 0.1) is 5.82 Å². The number of ether oxygens (including phenoxy) is 1. The number of anilines is 1. The van der Waals surface area contributed by atoms with Gasteiger partial charge < -0.3 is 26.0 Å². The van der Waals surface area contributed by atoms with Gasteiger partial charge in [0.05, 0.1) is 18.6 Å². The number of carbonyl (C=O) groups excluding carboxylic acids is 1. The number of imidazole rings is 1. The van der Waals surface area contributed by atoms with E-state index in [2.05, 4.69) is 15.3 Å². The summed E-state index contributed by atoms with van der Waals surface area (Å²) in [5.41, 5.74) is 7.42. The first-order valence-corrected chi connectivity index (χ1v) is 8.57. The minimum Gasteiger partial charge on any atom is -0.397 e. The van der Waals surface area contributed by atoms with Gasteiger partial charge in [-0.25, -0.2) is 14.4 Å². The summed E-state index contributed by atoms with van der Waals surface area (Å²) >= 11 is 0. The number of aliphatic hydroxyl groups is 2. The van der Waals surface area contributed by atoms with Gasteiger partial charge in [0, 0.05) is 11.8 Å². The molecule has 1 aromatic carbocycles. The molecule has 0 bridgehead atoms. The number of amides is 1. The summed E-state index contributed by atoms with van der Waals surface area (Å²) in [7, 11) is 0. The number of halogens is 1. The molecular formula is C18H18FN5O4. The second-order valence-electron chi connectivity index (χ2n) is 6.47. The van der Waals surface area contributed by atoms with Gasteiger partial charge >= 0.3 is 0 Å². The quantitative estimate of drug-likeness (QED) is 0.502. The Hall–Kier alpha value is -3.08. The molecule has 1 aliphatic rings. The average Bonchev–Trinajstić information content (AvgIpc) is 3.25. The molecule has 3 aromatic rings. The molecule has 1 aliphatic heterocycles. The van der Waals surface area contributed by atoms with Crippen LogP contribution in [0.25, 0.3) is 11.2 Å². The van der Waals surface area contributed by atoms with Crippen molar-refractivity contribution in [3.8, 4) is 0 Å². The van der Waals surface area contributed by atoms with Gasteiger partial charge in [-0.05, 0) is 30.3 Å². The van der Waals surface area contributed by atoms with Crippen LogP contribution in [0.15, 0.2) is 42.9 Å². The highest BCUT2D eigenvalue weighted by molar-refractivity contribution is 5.94.